The Bertz CT molecular complexity index is 1300. The minimum absolute atomic E-state index is 0.0631. The Morgan fingerprint density at radius 1 is 1.09 bits per heavy atom. The van der Waals surface area contributed by atoms with Gasteiger partial charge in [-0.2, -0.15) is 0 Å². The molecule has 8 heteroatoms. The van der Waals surface area contributed by atoms with Crippen molar-refractivity contribution in [3.05, 3.63) is 99.6 Å². The third-order valence-electron chi connectivity index (χ3n) is 5.99. The molecule has 4 nitrogen and oxygen atoms in total. The lowest BCUT2D eigenvalue weighted by Crippen LogP contribution is -2.50. The Labute approximate surface area is 199 Å². The smallest absolute Gasteiger partial charge is 0.268 e. The van der Waals surface area contributed by atoms with Gasteiger partial charge < -0.3 is 9.80 Å². The maximum absolute atomic E-state index is 14.0. The van der Waals surface area contributed by atoms with Gasteiger partial charge in [-0.05, 0) is 48.9 Å². The van der Waals surface area contributed by atoms with E-state index in [2.05, 4.69) is 0 Å². The Morgan fingerprint density at radius 3 is 2.67 bits per heavy atom. The second-order valence-corrected chi connectivity index (χ2v) is 9.84. The molecule has 1 atom stereocenters. The van der Waals surface area contributed by atoms with Gasteiger partial charge in [0.25, 0.3) is 11.8 Å². The van der Waals surface area contributed by atoms with E-state index < -0.39 is 16.5 Å². The molecule has 2 amide bonds. The van der Waals surface area contributed by atoms with E-state index in [9.17, 15) is 18.4 Å². The van der Waals surface area contributed by atoms with Crippen LogP contribution in [0.5, 0.6) is 0 Å². The molecule has 0 aromatic heterocycles. The molecule has 1 fully saturated rings. The lowest BCUT2D eigenvalue weighted by atomic mass is 10.0. The Balaban J connectivity index is 1.60. The predicted octanol–water partition coefficient (Wildman–Crippen LogP) is 5.52. The highest BCUT2D eigenvalue weighted by Gasteiger charge is 2.59. The summed E-state index contributed by atoms with van der Waals surface area (Å²) in [6.07, 6.45) is 0. The number of benzene rings is 3. The van der Waals surface area contributed by atoms with Crippen molar-refractivity contribution in [2.45, 2.75) is 18.3 Å². The number of nitrogens with zero attached hydrogens (tertiary/aromatic N) is 2. The molecule has 0 N–H and O–H groups in total. The molecule has 2 aliphatic heterocycles. The number of rotatable bonds is 3. The monoisotopic (exact) mass is 484 g/mol. The van der Waals surface area contributed by atoms with Crippen LogP contribution in [0.15, 0.2) is 60.7 Å². The SMILES string of the molecule is Cc1ccc2c(c1)[C@]1(SCCN1C(=O)c1cccc(Cl)c1)C(=O)N2Cc1ccc(F)c(F)c1. The number of halogens is 3. The van der Waals surface area contributed by atoms with Crippen LogP contribution in [-0.4, -0.2) is 29.0 Å². The molecule has 0 saturated carbocycles. The summed E-state index contributed by atoms with van der Waals surface area (Å²) in [5.74, 6) is -1.87. The first-order chi connectivity index (χ1) is 15.8. The van der Waals surface area contributed by atoms with Crippen LogP contribution in [0, 0.1) is 18.6 Å². The van der Waals surface area contributed by atoms with E-state index in [1.165, 1.54) is 17.8 Å². The van der Waals surface area contributed by atoms with Crippen LogP contribution in [0.1, 0.15) is 27.0 Å². The third-order valence-corrected chi connectivity index (χ3v) is 7.64. The fraction of sp³-hybridized carbons (Fsp3) is 0.200. The molecule has 1 saturated heterocycles. The van der Waals surface area contributed by atoms with Crippen LogP contribution in [0.3, 0.4) is 0 Å². The number of aryl methyl sites for hydroxylation is 1. The number of hydrogen-bond donors (Lipinski definition) is 0. The van der Waals surface area contributed by atoms with Crippen molar-refractivity contribution in [3.8, 4) is 0 Å². The van der Waals surface area contributed by atoms with Gasteiger partial charge in [-0.1, -0.05) is 41.4 Å². The van der Waals surface area contributed by atoms with E-state index >= 15 is 0 Å². The summed E-state index contributed by atoms with van der Waals surface area (Å²) < 4.78 is 27.3. The number of amides is 2. The van der Waals surface area contributed by atoms with Gasteiger partial charge in [0.1, 0.15) is 0 Å². The third kappa shape index (κ3) is 3.50. The largest absolute Gasteiger partial charge is 0.311 e. The van der Waals surface area contributed by atoms with Gasteiger partial charge in [0, 0.05) is 28.4 Å². The minimum Gasteiger partial charge on any atom is -0.311 e. The summed E-state index contributed by atoms with van der Waals surface area (Å²) in [6, 6.07) is 15.9. The quantitative estimate of drug-likeness (QED) is 0.492. The van der Waals surface area contributed by atoms with E-state index in [0.717, 1.165) is 23.3 Å². The maximum atomic E-state index is 14.0. The number of hydrogen-bond acceptors (Lipinski definition) is 3. The Morgan fingerprint density at radius 2 is 1.91 bits per heavy atom. The highest BCUT2D eigenvalue weighted by atomic mass is 35.5. The van der Waals surface area contributed by atoms with Crippen LogP contribution < -0.4 is 4.90 Å². The molecular weight excluding hydrogens is 466 g/mol. The zero-order valence-electron chi connectivity index (χ0n) is 17.6. The van der Waals surface area contributed by atoms with E-state index in [1.807, 2.05) is 25.1 Å². The first kappa shape index (κ1) is 21.9. The fourth-order valence-corrected chi connectivity index (χ4v) is 6.13. The van der Waals surface area contributed by atoms with Crippen molar-refractivity contribution in [3.63, 3.8) is 0 Å². The summed E-state index contributed by atoms with van der Waals surface area (Å²) in [5.41, 5.74) is 3.21. The predicted molar refractivity (Wildman–Crippen MR) is 125 cm³/mol. The first-order valence-electron chi connectivity index (χ1n) is 10.4. The summed E-state index contributed by atoms with van der Waals surface area (Å²) >= 11 is 7.52. The molecule has 1 spiro atoms. The van der Waals surface area contributed by atoms with Crippen molar-refractivity contribution in [2.75, 3.05) is 17.2 Å². The average Bonchev–Trinajstić information content (AvgIpc) is 3.33. The molecule has 3 aromatic carbocycles. The first-order valence-corrected chi connectivity index (χ1v) is 11.8. The van der Waals surface area contributed by atoms with Crippen molar-refractivity contribution in [1.29, 1.82) is 0 Å². The van der Waals surface area contributed by atoms with E-state index in [-0.39, 0.29) is 18.4 Å². The van der Waals surface area contributed by atoms with E-state index in [1.54, 1.807) is 34.1 Å². The molecule has 3 aromatic rings. The van der Waals surface area contributed by atoms with Crippen LogP contribution in [0.25, 0.3) is 0 Å². The molecule has 2 aliphatic rings. The summed E-state index contributed by atoms with van der Waals surface area (Å²) in [4.78, 5) is 29.5. The molecular formula is C25H19ClF2N2O2S. The summed E-state index contributed by atoms with van der Waals surface area (Å²) in [5, 5.41) is 0.440. The van der Waals surface area contributed by atoms with Crippen molar-refractivity contribution >= 4 is 40.9 Å². The number of carbonyl (C=O) groups is 2. The maximum Gasteiger partial charge on any atom is 0.268 e. The average molecular weight is 485 g/mol. The van der Waals surface area contributed by atoms with Gasteiger partial charge >= 0.3 is 0 Å². The second kappa shape index (κ2) is 8.15. The van der Waals surface area contributed by atoms with Crippen LogP contribution in [0.4, 0.5) is 14.5 Å². The molecule has 5 rings (SSSR count). The Hall–Kier alpha value is -2.90. The van der Waals surface area contributed by atoms with Gasteiger partial charge in [0.2, 0.25) is 0 Å². The zero-order chi connectivity index (χ0) is 23.3. The summed E-state index contributed by atoms with van der Waals surface area (Å²) in [7, 11) is 0. The zero-order valence-corrected chi connectivity index (χ0v) is 19.2. The summed E-state index contributed by atoms with van der Waals surface area (Å²) in [6.45, 7) is 2.39. The highest BCUT2D eigenvalue weighted by molar-refractivity contribution is 8.01. The molecule has 0 bridgehead atoms. The van der Waals surface area contributed by atoms with E-state index in [4.69, 9.17) is 11.6 Å². The molecule has 168 valence electrons. The number of carbonyl (C=O) groups excluding carboxylic acids is 2. The lowest BCUT2D eigenvalue weighted by molar-refractivity contribution is -0.123. The van der Waals surface area contributed by atoms with Gasteiger partial charge in [0.05, 0.1) is 12.2 Å². The molecule has 0 unspecified atom stereocenters. The van der Waals surface area contributed by atoms with Crippen molar-refractivity contribution < 1.29 is 18.4 Å². The van der Waals surface area contributed by atoms with Gasteiger partial charge in [-0.3, -0.25) is 9.59 Å². The van der Waals surface area contributed by atoms with Crippen molar-refractivity contribution in [1.82, 2.24) is 4.90 Å². The molecule has 33 heavy (non-hydrogen) atoms. The van der Waals surface area contributed by atoms with Gasteiger partial charge in [0.15, 0.2) is 16.5 Å². The number of fused-ring (bicyclic) bond motifs is 2. The molecule has 2 heterocycles. The normalized spacial score (nSPS) is 19.5. The minimum atomic E-state index is -1.22. The van der Waals surface area contributed by atoms with Gasteiger partial charge in [-0.15, -0.1) is 11.8 Å². The number of anilines is 1. The molecule has 0 radical (unpaired) electrons. The molecule has 0 aliphatic carbocycles. The Kier molecular flexibility index (Phi) is 5.41. The lowest BCUT2D eigenvalue weighted by Gasteiger charge is -2.33. The highest BCUT2D eigenvalue weighted by Crippen LogP contribution is 2.55. The van der Waals surface area contributed by atoms with Crippen LogP contribution in [-0.2, 0) is 16.2 Å². The van der Waals surface area contributed by atoms with Crippen LogP contribution in [0.2, 0.25) is 5.02 Å². The number of thioether (sulfide) groups is 1. The second-order valence-electron chi connectivity index (χ2n) is 8.12. The van der Waals surface area contributed by atoms with Gasteiger partial charge in [-0.25, -0.2) is 8.78 Å². The van der Waals surface area contributed by atoms with Crippen LogP contribution >= 0.6 is 23.4 Å². The topological polar surface area (TPSA) is 40.6 Å². The van der Waals surface area contributed by atoms with Crippen molar-refractivity contribution in [2.24, 2.45) is 0 Å². The van der Waals surface area contributed by atoms with E-state index in [0.29, 0.717) is 34.1 Å². The standard InChI is InChI=1S/C25H19ClF2N2O2S/c1-15-5-8-22-19(11-15)25(24(32)29(22)14-16-6-7-20(27)21(28)12-16)30(9-10-33-25)23(31)17-3-2-4-18(26)13-17/h2-8,11-13H,9-10,14H2,1H3/t25-/m0/s1. The fourth-order valence-electron chi connectivity index (χ4n) is 4.48.